The minimum atomic E-state index is 0.0858. The lowest BCUT2D eigenvalue weighted by Gasteiger charge is -2.71. The number of ether oxygens (including phenoxy) is 2. The minimum absolute atomic E-state index is 0.0858. The third kappa shape index (κ3) is 3.41. The van der Waals surface area contributed by atoms with Crippen molar-refractivity contribution in [1.29, 1.82) is 0 Å². The molecule has 5 heterocycles. The van der Waals surface area contributed by atoms with Gasteiger partial charge in [0, 0.05) is 45.1 Å². The van der Waals surface area contributed by atoms with E-state index in [1.807, 2.05) is 40.3 Å². The van der Waals surface area contributed by atoms with E-state index in [1.165, 1.54) is 25.8 Å². The predicted octanol–water partition coefficient (Wildman–Crippen LogP) is 2.25. The van der Waals surface area contributed by atoms with Crippen molar-refractivity contribution in [1.82, 2.24) is 34.4 Å². The normalized spacial score (nSPS) is 29.8. The highest BCUT2D eigenvalue weighted by Gasteiger charge is 2.70. The summed E-state index contributed by atoms with van der Waals surface area (Å²) < 4.78 is 13.6. The second-order valence-corrected chi connectivity index (χ2v) is 11.6. The van der Waals surface area contributed by atoms with Gasteiger partial charge in [-0.3, -0.25) is 4.90 Å². The molecular formula is C26H34N8O2. The largest absolute Gasteiger partial charge is 0.485 e. The molecule has 2 aliphatic heterocycles. The average Bonchev–Trinajstić information content (AvgIpc) is 3.40. The van der Waals surface area contributed by atoms with Crippen LogP contribution in [0, 0.1) is 26.2 Å². The van der Waals surface area contributed by atoms with Crippen molar-refractivity contribution in [3.8, 4) is 5.75 Å². The number of nitrogens with zero attached hydrogens (tertiary/aromatic N) is 8. The number of hydrogen-bond acceptors (Lipinski definition) is 9. The van der Waals surface area contributed by atoms with Crippen LogP contribution in [-0.2, 0) is 10.2 Å². The molecule has 190 valence electrons. The molecule has 3 aromatic heterocycles. The van der Waals surface area contributed by atoms with Crippen LogP contribution in [0.2, 0.25) is 0 Å². The van der Waals surface area contributed by atoms with E-state index in [0.717, 1.165) is 61.2 Å². The molecule has 0 radical (unpaired) electrons. The third-order valence-corrected chi connectivity index (χ3v) is 8.80. The van der Waals surface area contributed by atoms with Crippen LogP contribution in [0.25, 0.3) is 5.78 Å². The van der Waals surface area contributed by atoms with E-state index < -0.39 is 0 Å². The Morgan fingerprint density at radius 1 is 1.00 bits per heavy atom. The minimum Gasteiger partial charge on any atom is -0.485 e. The third-order valence-electron chi connectivity index (χ3n) is 8.80. The second kappa shape index (κ2) is 7.82. The highest BCUT2D eigenvalue weighted by molar-refractivity contribution is 5.46. The molecule has 2 bridgehead atoms. The molecule has 8 rings (SSSR count). The summed E-state index contributed by atoms with van der Waals surface area (Å²) in [6.45, 7) is 11.0. The van der Waals surface area contributed by atoms with Gasteiger partial charge >= 0.3 is 0 Å². The molecule has 5 aliphatic rings. The van der Waals surface area contributed by atoms with Crippen LogP contribution in [0.4, 0.5) is 5.69 Å². The van der Waals surface area contributed by atoms with Crippen molar-refractivity contribution in [3.63, 3.8) is 0 Å². The van der Waals surface area contributed by atoms with Gasteiger partial charge in [0.05, 0.1) is 42.1 Å². The van der Waals surface area contributed by atoms with Gasteiger partial charge in [-0.2, -0.15) is 9.50 Å². The molecule has 0 N–H and O–H groups in total. The monoisotopic (exact) mass is 490 g/mol. The zero-order chi connectivity index (χ0) is 24.7. The van der Waals surface area contributed by atoms with Crippen molar-refractivity contribution in [2.24, 2.45) is 5.41 Å². The van der Waals surface area contributed by atoms with E-state index in [0.29, 0.717) is 23.1 Å². The Kier molecular flexibility index (Phi) is 4.86. The van der Waals surface area contributed by atoms with E-state index >= 15 is 0 Å². The number of methoxy groups -OCH3 is 1. The quantitative estimate of drug-likeness (QED) is 0.494. The fourth-order valence-corrected chi connectivity index (χ4v) is 7.09. The number of likely N-dealkylation sites (tertiary alicyclic amines) is 1. The summed E-state index contributed by atoms with van der Waals surface area (Å²) in [5.74, 6) is 3.17. The molecule has 36 heavy (non-hydrogen) atoms. The van der Waals surface area contributed by atoms with Crippen molar-refractivity contribution >= 4 is 11.5 Å². The summed E-state index contributed by atoms with van der Waals surface area (Å²) >= 11 is 0. The van der Waals surface area contributed by atoms with Crippen LogP contribution in [0.1, 0.15) is 48.7 Å². The van der Waals surface area contributed by atoms with Gasteiger partial charge in [0.1, 0.15) is 17.8 Å². The van der Waals surface area contributed by atoms with E-state index in [9.17, 15) is 0 Å². The van der Waals surface area contributed by atoms with Gasteiger partial charge in [-0.05, 0) is 45.4 Å². The molecule has 10 heteroatoms. The molecule has 5 fully saturated rings. The first-order valence-corrected chi connectivity index (χ1v) is 13.1. The fourth-order valence-electron chi connectivity index (χ4n) is 7.09. The first-order chi connectivity index (χ1) is 17.4. The SMILES string of the molecule is COC1CN(CC23CC(c4ncc(N5CC[C@@H](Oc6c(C)nc7nc(C)nn7c6C)C5)cn4)(C2)C3)C1. The first kappa shape index (κ1) is 22.4. The highest BCUT2D eigenvalue weighted by Crippen LogP contribution is 2.73. The maximum Gasteiger partial charge on any atom is 0.253 e. The molecule has 1 atom stereocenters. The Hall–Kier alpha value is -2.85. The molecule has 10 nitrogen and oxygen atoms in total. The van der Waals surface area contributed by atoms with Crippen LogP contribution >= 0.6 is 0 Å². The second-order valence-electron chi connectivity index (χ2n) is 11.6. The number of aryl methyl sites for hydroxylation is 3. The van der Waals surface area contributed by atoms with Gasteiger partial charge in [0.2, 0.25) is 0 Å². The summed E-state index contributed by atoms with van der Waals surface area (Å²) in [5, 5.41) is 4.46. The summed E-state index contributed by atoms with van der Waals surface area (Å²) in [7, 11) is 1.81. The van der Waals surface area contributed by atoms with Crippen LogP contribution in [-0.4, -0.2) is 86.5 Å². The van der Waals surface area contributed by atoms with Gasteiger partial charge in [-0.25, -0.2) is 15.0 Å². The highest BCUT2D eigenvalue weighted by atomic mass is 16.5. The van der Waals surface area contributed by atoms with Crippen molar-refractivity contribution in [3.05, 3.63) is 35.4 Å². The van der Waals surface area contributed by atoms with Crippen LogP contribution in [0.15, 0.2) is 12.4 Å². The molecule has 0 unspecified atom stereocenters. The number of aromatic nitrogens is 6. The van der Waals surface area contributed by atoms with Crippen molar-refractivity contribution in [2.45, 2.75) is 64.1 Å². The number of anilines is 1. The standard InChI is InChI=1S/C26H34N8O2/c1-16-22(17(2)34-24(29-16)30-18(3)31-34)36-20-5-6-33(11-20)19-7-27-23(28-8-19)26-12-25(13-26,14-26)15-32-9-21(10-32)35-4/h7-8,20-21H,5-6,9-15H2,1-4H3/t20-,25?,26?/m1/s1. The van der Waals surface area contributed by atoms with Crippen molar-refractivity contribution in [2.75, 3.05) is 44.7 Å². The van der Waals surface area contributed by atoms with Crippen LogP contribution in [0.5, 0.6) is 5.75 Å². The molecule has 0 spiro atoms. The summed E-state index contributed by atoms with van der Waals surface area (Å²) in [4.78, 5) is 23.5. The predicted molar refractivity (Wildman–Crippen MR) is 133 cm³/mol. The summed E-state index contributed by atoms with van der Waals surface area (Å²) in [6, 6.07) is 0. The number of hydrogen-bond donors (Lipinski definition) is 0. The lowest BCUT2D eigenvalue weighted by atomic mass is 9.34. The maximum atomic E-state index is 6.44. The van der Waals surface area contributed by atoms with Gasteiger partial charge in [-0.15, -0.1) is 5.10 Å². The van der Waals surface area contributed by atoms with E-state index in [1.54, 1.807) is 4.52 Å². The Labute approximate surface area is 211 Å². The topological polar surface area (TPSA) is 93.8 Å². The van der Waals surface area contributed by atoms with E-state index in [-0.39, 0.29) is 11.5 Å². The van der Waals surface area contributed by atoms with E-state index in [4.69, 9.17) is 19.4 Å². The van der Waals surface area contributed by atoms with E-state index in [2.05, 4.69) is 24.9 Å². The summed E-state index contributed by atoms with van der Waals surface area (Å²) in [6.07, 6.45) is 9.19. The summed E-state index contributed by atoms with van der Waals surface area (Å²) in [5.41, 5.74) is 3.59. The lowest BCUT2D eigenvalue weighted by molar-refractivity contribution is -0.177. The van der Waals surface area contributed by atoms with Gasteiger partial charge < -0.3 is 14.4 Å². The molecule has 0 aromatic carbocycles. The number of rotatable bonds is 7. The van der Waals surface area contributed by atoms with Gasteiger partial charge in [-0.1, -0.05) is 0 Å². The molecule has 3 aromatic rings. The fraction of sp³-hybridized carbons (Fsp3) is 0.654. The maximum absolute atomic E-state index is 6.44. The number of fused-ring (bicyclic) bond motifs is 1. The molecule has 2 saturated heterocycles. The Morgan fingerprint density at radius 3 is 2.47 bits per heavy atom. The molecule has 3 saturated carbocycles. The Bertz CT molecular complexity index is 1300. The lowest BCUT2D eigenvalue weighted by Crippen LogP contribution is -2.70. The Balaban J connectivity index is 0.968. The Morgan fingerprint density at radius 2 is 1.75 bits per heavy atom. The first-order valence-electron chi connectivity index (χ1n) is 13.1. The zero-order valence-corrected chi connectivity index (χ0v) is 21.6. The smallest absolute Gasteiger partial charge is 0.253 e. The van der Waals surface area contributed by atoms with Gasteiger partial charge in [0.15, 0.2) is 5.75 Å². The molecule has 3 aliphatic carbocycles. The molecule has 0 amide bonds. The molecular weight excluding hydrogens is 456 g/mol. The van der Waals surface area contributed by atoms with Crippen molar-refractivity contribution < 1.29 is 9.47 Å². The zero-order valence-electron chi connectivity index (χ0n) is 21.6. The average molecular weight is 491 g/mol. The van der Waals surface area contributed by atoms with Gasteiger partial charge in [0.25, 0.3) is 5.78 Å². The van der Waals surface area contributed by atoms with Crippen LogP contribution in [0.3, 0.4) is 0 Å². The van der Waals surface area contributed by atoms with Crippen LogP contribution < -0.4 is 9.64 Å².